The molecule has 4 rings (SSSR count). The van der Waals surface area contributed by atoms with Crippen LogP contribution in [0.25, 0.3) is 22.8 Å². The van der Waals surface area contributed by atoms with Crippen LogP contribution in [0.4, 0.5) is 0 Å². The SMILES string of the molecule is CC(C)Oc1ccc(-c2nc(-c3cccc4c3CC[C@@H]4N[C@H](C)C(=O)O)no2)cc1C#N. The van der Waals surface area contributed by atoms with Crippen LogP contribution in [0.5, 0.6) is 5.75 Å². The van der Waals surface area contributed by atoms with Gasteiger partial charge in [0.05, 0.1) is 11.7 Å². The fraction of sp³-hybridized carbons (Fsp3) is 0.333. The van der Waals surface area contributed by atoms with E-state index in [1.54, 1.807) is 25.1 Å². The van der Waals surface area contributed by atoms with E-state index in [9.17, 15) is 15.2 Å². The van der Waals surface area contributed by atoms with Crippen molar-refractivity contribution in [3.63, 3.8) is 0 Å². The second-order valence-electron chi connectivity index (χ2n) is 8.10. The predicted octanol–water partition coefficient (Wildman–Crippen LogP) is 4.11. The summed E-state index contributed by atoms with van der Waals surface area (Å²) in [7, 11) is 0. The van der Waals surface area contributed by atoms with E-state index >= 15 is 0 Å². The van der Waals surface area contributed by atoms with Gasteiger partial charge >= 0.3 is 5.97 Å². The zero-order chi connectivity index (χ0) is 22.8. The molecule has 164 valence electrons. The molecule has 0 saturated carbocycles. The second-order valence-corrected chi connectivity index (χ2v) is 8.10. The molecule has 0 unspecified atom stereocenters. The molecule has 8 nitrogen and oxygen atoms in total. The number of carboxylic acid groups (broad SMARTS) is 1. The molecule has 0 bridgehead atoms. The summed E-state index contributed by atoms with van der Waals surface area (Å²) >= 11 is 0. The number of ether oxygens (including phenoxy) is 1. The van der Waals surface area contributed by atoms with Gasteiger partial charge in [-0.2, -0.15) is 10.2 Å². The van der Waals surface area contributed by atoms with Crippen LogP contribution in [-0.4, -0.2) is 33.4 Å². The minimum atomic E-state index is -0.876. The van der Waals surface area contributed by atoms with Crippen molar-refractivity contribution in [2.75, 3.05) is 0 Å². The number of carbonyl (C=O) groups is 1. The van der Waals surface area contributed by atoms with Crippen molar-refractivity contribution < 1.29 is 19.2 Å². The molecular weight excluding hydrogens is 408 g/mol. The lowest BCUT2D eigenvalue weighted by atomic mass is 10.0. The number of aliphatic carboxylic acids is 1. The van der Waals surface area contributed by atoms with Gasteiger partial charge in [0.15, 0.2) is 0 Å². The molecule has 3 aromatic rings. The Morgan fingerprint density at radius 2 is 2.12 bits per heavy atom. The average molecular weight is 432 g/mol. The number of nitriles is 1. The molecule has 2 aromatic carbocycles. The van der Waals surface area contributed by atoms with Crippen LogP contribution < -0.4 is 10.1 Å². The highest BCUT2D eigenvalue weighted by Gasteiger charge is 2.28. The number of benzene rings is 2. The first kappa shape index (κ1) is 21.5. The molecule has 32 heavy (non-hydrogen) atoms. The minimum absolute atomic E-state index is 0.0332. The molecule has 0 fully saturated rings. The molecule has 2 atom stereocenters. The van der Waals surface area contributed by atoms with Crippen LogP contribution in [0, 0.1) is 11.3 Å². The Morgan fingerprint density at radius 3 is 2.84 bits per heavy atom. The van der Waals surface area contributed by atoms with Gasteiger partial charge in [0.2, 0.25) is 5.82 Å². The van der Waals surface area contributed by atoms with Crippen LogP contribution in [0.2, 0.25) is 0 Å². The van der Waals surface area contributed by atoms with Gasteiger partial charge in [0.1, 0.15) is 17.9 Å². The maximum absolute atomic E-state index is 11.2. The third kappa shape index (κ3) is 4.20. The number of carboxylic acids is 1. The van der Waals surface area contributed by atoms with Gasteiger partial charge in [-0.3, -0.25) is 10.1 Å². The zero-order valence-corrected chi connectivity index (χ0v) is 18.1. The van der Waals surface area contributed by atoms with E-state index in [1.807, 2.05) is 32.0 Å². The Kier molecular flexibility index (Phi) is 5.93. The highest BCUT2D eigenvalue weighted by Crippen LogP contribution is 2.37. The Bertz CT molecular complexity index is 1190. The fourth-order valence-electron chi connectivity index (χ4n) is 3.97. The Morgan fingerprint density at radius 1 is 1.31 bits per heavy atom. The summed E-state index contributed by atoms with van der Waals surface area (Å²) in [6, 6.07) is 12.5. The first-order valence-electron chi connectivity index (χ1n) is 10.5. The summed E-state index contributed by atoms with van der Waals surface area (Å²) < 4.78 is 11.2. The fourth-order valence-corrected chi connectivity index (χ4v) is 3.97. The zero-order valence-electron chi connectivity index (χ0n) is 18.1. The van der Waals surface area contributed by atoms with Crippen molar-refractivity contribution in [2.24, 2.45) is 0 Å². The number of nitrogens with one attached hydrogen (secondary N) is 1. The van der Waals surface area contributed by atoms with Gasteiger partial charge in [-0.05, 0) is 62.9 Å². The molecule has 0 aliphatic heterocycles. The number of hydrogen-bond acceptors (Lipinski definition) is 7. The highest BCUT2D eigenvalue weighted by atomic mass is 16.5. The third-order valence-corrected chi connectivity index (χ3v) is 5.47. The number of fused-ring (bicyclic) bond motifs is 1. The van der Waals surface area contributed by atoms with Crippen LogP contribution in [0.3, 0.4) is 0 Å². The van der Waals surface area contributed by atoms with Crippen LogP contribution in [0.1, 0.15) is 49.9 Å². The maximum atomic E-state index is 11.2. The topological polar surface area (TPSA) is 121 Å². The summed E-state index contributed by atoms with van der Waals surface area (Å²) in [6.45, 7) is 5.45. The van der Waals surface area contributed by atoms with E-state index in [1.165, 1.54) is 0 Å². The van der Waals surface area contributed by atoms with Crippen molar-refractivity contribution in [3.8, 4) is 34.7 Å². The van der Waals surface area contributed by atoms with E-state index in [4.69, 9.17) is 9.26 Å². The molecule has 0 spiro atoms. The molecule has 8 heteroatoms. The van der Waals surface area contributed by atoms with Crippen molar-refractivity contribution >= 4 is 5.97 Å². The highest BCUT2D eigenvalue weighted by molar-refractivity contribution is 5.73. The first-order valence-corrected chi connectivity index (χ1v) is 10.5. The van der Waals surface area contributed by atoms with Crippen LogP contribution in [-0.2, 0) is 11.2 Å². The molecule has 0 amide bonds. The number of rotatable bonds is 7. The Hall–Kier alpha value is -3.70. The second kappa shape index (κ2) is 8.81. The smallest absolute Gasteiger partial charge is 0.320 e. The molecule has 0 saturated heterocycles. The van der Waals surface area contributed by atoms with E-state index in [-0.39, 0.29) is 12.1 Å². The number of nitrogens with zero attached hydrogens (tertiary/aromatic N) is 3. The van der Waals surface area contributed by atoms with Gasteiger partial charge in [-0.1, -0.05) is 23.4 Å². The summed E-state index contributed by atoms with van der Waals surface area (Å²) in [6.07, 6.45) is 1.55. The molecule has 0 radical (unpaired) electrons. The number of hydrogen-bond donors (Lipinski definition) is 2. The van der Waals surface area contributed by atoms with Gasteiger partial charge < -0.3 is 14.4 Å². The third-order valence-electron chi connectivity index (χ3n) is 5.47. The largest absolute Gasteiger partial charge is 0.490 e. The molecule has 1 aliphatic rings. The van der Waals surface area contributed by atoms with Crippen molar-refractivity contribution in [1.29, 1.82) is 5.26 Å². The predicted molar refractivity (Wildman–Crippen MR) is 117 cm³/mol. The Labute approximate surface area is 185 Å². The normalized spacial score (nSPS) is 15.9. The lowest BCUT2D eigenvalue weighted by Crippen LogP contribution is -2.35. The van der Waals surface area contributed by atoms with E-state index in [2.05, 4.69) is 21.5 Å². The monoisotopic (exact) mass is 432 g/mol. The lowest BCUT2D eigenvalue weighted by Gasteiger charge is -2.17. The maximum Gasteiger partial charge on any atom is 0.320 e. The summed E-state index contributed by atoms with van der Waals surface area (Å²) in [5.74, 6) is 0.419. The van der Waals surface area contributed by atoms with Crippen molar-refractivity contribution in [3.05, 3.63) is 53.1 Å². The van der Waals surface area contributed by atoms with E-state index in [0.717, 1.165) is 29.5 Å². The first-order chi connectivity index (χ1) is 15.4. The molecular formula is C24H24N4O4. The Balaban J connectivity index is 1.62. The van der Waals surface area contributed by atoms with Crippen LogP contribution >= 0.6 is 0 Å². The van der Waals surface area contributed by atoms with E-state index in [0.29, 0.717) is 28.6 Å². The summed E-state index contributed by atoms with van der Waals surface area (Å²) in [5, 5.41) is 26.0. The number of aromatic nitrogens is 2. The minimum Gasteiger partial charge on any atom is -0.490 e. The lowest BCUT2D eigenvalue weighted by molar-refractivity contribution is -0.139. The van der Waals surface area contributed by atoms with Gasteiger partial charge in [-0.25, -0.2) is 0 Å². The van der Waals surface area contributed by atoms with E-state index < -0.39 is 12.0 Å². The standard InChI is InChI=1S/C24H24N4O4/c1-13(2)31-21-10-7-15(11-16(21)12-25)23-27-22(28-32-23)19-6-4-5-18-17(19)8-9-20(18)26-14(3)24(29)30/h4-7,10-11,13-14,20,26H,8-9H2,1-3H3,(H,29,30)/t14-,20+/m1/s1. The molecule has 1 aliphatic carbocycles. The molecule has 1 aromatic heterocycles. The van der Waals surface area contributed by atoms with Crippen molar-refractivity contribution in [1.82, 2.24) is 15.5 Å². The summed E-state index contributed by atoms with van der Waals surface area (Å²) in [5.41, 5.74) is 4.05. The molecule has 2 N–H and O–H groups in total. The average Bonchev–Trinajstić information content (AvgIpc) is 3.41. The van der Waals surface area contributed by atoms with Gasteiger partial charge in [0.25, 0.3) is 5.89 Å². The van der Waals surface area contributed by atoms with Crippen LogP contribution in [0.15, 0.2) is 40.9 Å². The molecule has 1 heterocycles. The summed E-state index contributed by atoms with van der Waals surface area (Å²) in [4.78, 5) is 15.8. The van der Waals surface area contributed by atoms with Gasteiger partial charge in [0, 0.05) is 17.2 Å². The van der Waals surface area contributed by atoms with Gasteiger partial charge in [-0.15, -0.1) is 0 Å². The van der Waals surface area contributed by atoms with Crippen molar-refractivity contribution in [2.45, 2.75) is 51.8 Å². The quantitative estimate of drug-likeness (QED) is 0.572.